The first-order valence-electron chi connectivity index (χ1n) is 21.4. The third-order valence-electron chi connectivity index (χ3n) is 14.8. The van der Waals surface area contributed by atoms with Crippen molar-refractivity contribution in [2.24, 2.45) is 29.1 Å². The Morgan fingerprint density at radius 1 is 0.638 bits per heavy atom. The van der Waals surface area contributed by atoms with Gasteiger partial charge in [0.25, 0.3) is 0 Å². The minimum Gasteiger partial charge on any atom is -1.00 e. The molecular formula is C53H60Cl4Zr. The van der Waals surface area contributed by atoms with Crippen LogP contribution in [0.2, 0.25) is 10.0 Å². The van der Waals surface area contributed by atoms with Crippen LogP contribution in [0.4, 0.5) is 0 Å². The van der Waals surface area contributed by atoms with Crippen LogP contribution in [-0.4, -0.2) is 7.42 Å². The monoisotopic (exact) mass is 926 g/mol. The fraction of sp³-hybridized carbons (Fsp3) is 0.434. The molecule has 6 aliphatic rings. The number of allylic oxidation sites excluding steroid dienone is 4. The summed E-state index contributed by atoms with van der Waals surface area (Å²) in [6.07, 6.45) is 12.8. The molecule has 4 saturated carbocycles. The van der Waals surface area contributed by atoms with Crippen LogP contribution in [0.3, 0.4) is 0 Å². The van der Waals surface area contributed by atoms with Crippen LogP contribution < -0.4 is 24.8 Å². The van der Waals surface area contributed by atoms with Crippen molar-refractivity contribution in [2.45, 2.75) is 115 Å². The molecule has 4 aromatic rings. The van der Waals surface area contributed by atoms with Crippen LogP contribution >= 0.6 is 23.2 Å². The summed E-state index contributed by atoms with van der Waals surface area (Å²) in [6.45, 7) is 19.2. The van der Waals surface area contributed by atoms with Crippen molar-refractivity contribution >= 4 is 30.6 Å². The van der Waals surface area contributed by atoms with Crippen molar-refractivity contribution in [3.05, 3.63) is 149 Å². The second kappa shape index (κ2) is 16.1. The van der Waals surface area contributed by atoms with E-state index < -0.39 is 19.3 Å². The SMILES string of the molecule is CC1=[C]([Zr+2](=[CH]c2ccc(Cl)cc2)(=[CH]c2ccc(Cl)cc2)[CH]2c3ccc(C(C)(C)C)cc3-c3cc(C(C)(C)C)ccc32)C(C)C=C1CC12CC3CC(CC(C3)C1)C2.[Cl-].[Cl-]. The van der Waals surface area contributed by atoms with Gasteiger partial charge in [0.2, 0.25) is 0 Å². The molecule has 6 aliphatic carbocycles. The molecule has 304 valence electrons. The zero-order chi connectivity index (χ0) is 39.4. The van der Waals surface area contributed by atoms with Crippen molar-refractivity contribution in [1.29, 1.82) is 0 Å². The van der Waals surface area contributed by atoms with Gasteiger partial charge < -0.3 is 24.8 Å². The fourth-order valence-electron chi connectivity index (χ4n) is 12.7. The van der Waals surface area contributed by atoms with E-state index in [1.165, 1.54) is 89.5 Å². The third kappa shape index (κ3) is 8.01. The summed E-state index contributed by atoms with van der Waals surface area (Å²) in [5.74, 6) is 3.25. The summed E-state index contributed by atoms with van der Waals surface area (Å²) >= 11 is 9.13. The first-order valence-corrected chi connectivity index (χ1v) is 27.7. The van der Waals surface area contributed by atoms with Gasteiger partial charge in [-0.2, -0.15) is 0 Å². The predicted molar refractivity (Wildman–Crippen MR) is 240 cm³/mol. The molecule has 58 heavy (non-hydrogen) atoms. The first-order chi connectivity index (χ1) is 26.5. The van der Waals surface area contributed by atoms with Gasteiger partial charge in [0, 0.05) is 0 Å². The molecule has 4 aromatic carbocycles. The maximum Gasteiger partial charge on any atom is -1.00 e. The summed E-state index contributed by atoms with van der Waals surface area (Å²) in [6, 6.07) is 32.5. The van der Waals surface area contributed by atoms with Gasteiger partial charge in [0.15, 0.2) is 0 Å². The van der Waals surface area contributed by atoms with E-state index in [-0.39, 0.29) is 39.3 Å². The van der Waals surface area contributed by atoms with Crippen molar-refractivity contribution < 1.29 is 44.1 Å². The number of rotatable bonds is 6. The molecule has 1 unspecified atom stereocenters. The Balaban J connectivity index is 0.00000256. The second-order valence-corrected chi connectivity index (χ2v) is 30.6. The molecule has 0 N–H and O–H groups in total. The normalized spacial score (nSPS) is 24.3. The van der Waals surface area contributed by atoms with Gasteiger partial charge in [-0.15, -0.1) is 0 Å². The van der Waals surface area contributed by atoms with Crippen LogP contribution in [0.25, 0.3) is 11.1 Å². The first kappa shape index (κ1) is 44.2. The maximum absolute atomic E-state index is 6.60. The molecule has 4 bridgehead atoms. The van der Waals surface area contributed by atoms with E-state index in [2.05, 4.69) is 154 Å². The summed E-state index contributed by atoms with van der Waals surface area (Å²) in [7, 11) is 0. The quantitative estimate of drug-likeness (QED) is 0.181. The van der Waals surface area contributed by atoms with Crippen LogP contribution in [0.15, 0.2) is 105 Å². The zero-order valence-corrected chi connectivity index (χ0v) is 41.1. The minimum absolute atomic E-state index is 0. The number of fused-ring (bicyclic) bond motifs is 3. The Morgan fingerprint density at radius 3 is 1.45 bits per heavy atom. The molecule has 0 amide bonds. The number of benzene rings is 4. The number of hydrogen-bond donors (Lipinski definition) is 0. The molecule has 5 heteroatoms. The predicted octanol–water partition coefficient (Wildman–Crippen LogP) is 8.98. The average Bonchev–Trinajstić information content (AvgIpc) is 3.60. The second-order valence-electron chi connectivity index (χ2n) is 21.0. The topological polar surface area (TPSA) is 0 Å². The van der Waals surface area contributed by atoms with Crippen molar-refractivity contribution in [3.8, 4) is 11.1 Å². The van der Waals surface area contributed by atoms with Gasteiger partial charge in [-0.25, -0.2) is 0 Å². The van der Waals surface area contributed by atoms with E-state index in [0.717, 1.165) is 27.8 Å². The van der Waals surface area contributed by atoms with Gasteiger partial charge in [-0.05, 0) is 0 Å². The Kier molecular flexibility index (Phi) is 12.3. The van der Waals surface area contributed by atoms with Gasteiger partial charge in [-0.1, -0.05) is 0 Å². The number of halogens is 4. The van der Waals surface area contributed by atoms with Crippen molar-refractivity contribution in [3.63, 3.8) is 0 Å². The molecule has 0 aliphatic heterocycles. The Labute approximate surface area is 375 Å². The summed E-state index contributed by atoms with van der Waals surface area (Å²) in [5, 5.41) is 1.57. The van der Waals surface area contributed by atoms with Crippen LogP contribution in [0.1, 0.15) is 137 Å². The van der Waals surface area contributed by atoms with E-state index in [4.69, 9.17) is 23.2 Å². The van der Waals surface area contributed by atoms with E-state index in [9.17, 15) is 0 Å². The van der Waals surface area contributed by atoms with Crippen LogP contribution in [0, 0.1) is 29.1 Å². The van der Waals surface area contributed by atoms with Gasteiger partial charge >= 0.3 is 354 Å². The number of hydrogen-bond acceptors (Lipinski definition) is 0. The fourth-order valence-corrected chi connectivity index (χ4v) is 27.1. The average molecular weight is 930 g/mol. The molecule has 0 spiro atoms. The maximum atomic E-state index is 6.60. The Hall–Kier alpha value is -1.86. The molecule has 0 saturated heterocycles. The molecule has 0 heterocycles. The standard InChI is InChI=1S/C21H25.C18H25.2C7H5Cl.2ClH.Zr/c1-20(2,3)16-9-7-14-11-15-8-10-17(21(4,5)6)13-19(15)18(14)12-16;1-12-3-13(2)17(4-12)11-18-8-14-5-15(9-18)7-16(6-14)10-18;2*1-6-2-4-7(8)5-3-6;;;/h7-13H,1-6H3;4,12,14-16H,5-11H2,1-2H3;2*1-5H;2*1H;/q;;;;;;+2/p-2. The minimum atomic E-state index is -4.06. The van der Waals surface area contributed by atoms with Gasteiger partial charge in [0.05, 0.1) is 0 Å². The molecule has 10 rings (SSSR count). The van der Waals surface area contributed by atoms with E-state index >= 15 is 0 Å². The summed E-state index contributed by atoms with van der Waals surface area (Å²) in [5.41, 5.74) is 15.1. The smallest absolute Gasteiger partial charge is 1.00 e. The third-order valence-corrected chi connectivity index (χ3v) is 27.5. The van der Waals surface area contributed by atoms with E-state index in [1.54, 1.807) is 14.4 Å². The molecular weight excluding hydrogens is 870 g/mol. The Bertz CT molecular complexity index is 2250. The zero-order valence-electron chi connectivity index (χ0n) is 35.7. The van der Waals surface area contributed by atoms with Crippen molar-refractivity contribution in [2.75, 3.05) is 0 Å². The van der Waals surface area contributed by atoms with Crippen molar-refractivity contribution in [1.82, 2.24) is 0 Å². The van der Waals surface area contributed by atoms with Gasteiger partial charge in [-0.3, -0.25) is 0 Å². The molecule has 0 radical (unpaired) electrons. The largest absolute Gasteiger partial charge is 1.00 e. The molecule has 0 aromatic heterocycles. The summed E-state index contributed by atoms with van der Waals surface area (Å²) in [4.78, 5) is 0. The van der Waals surface area contributed by atoms with Crippen LogP contribution in [-0.2, 0) is 30.1 Å². The molecule has 1 atom stereocenters. The van der Waals surface area contributed by atoms with E-state index in [0.29, 0.717) is 11.3 Å². The molecule has 0 nitrogen and oxygen atoms in total. The van der Waals surface area contributed by atoms with Gasteiger partial charge in [0.1, 0.15) is 0 Å². The summed E-state index contributed by atoms with van der Waals surface area (Å²) < 4.78 is 7.64. The Morgan fingerprint density at radius 2 is 1.05 bits per heavy atom. The van der Waals surface area contributed by atoms with Crippen LogP contribution in [0.5, 0.6) is 0 Å². The molecule has 4 fully saturated rings. The van der Waals surface area contributed by atoms with E-state index in [1.807, 2.05) is 0 Å².